The van der Waals surface area contributed by atoms with E-state index in [1.807, 2.05) is 11.8 Å². The van der Waals surface area contributed by atoms with Gasteiger partial charge in [-0.25, -0.2) is 4.79 Å². The van der Waals surface area contributed by atoms with Gasteiger partial charge in [-0.05, 0) is 29.3 Å². The molecule has 4 rings (SSSR count). The average Bonchev–Trinajstić information content (AvgIpc) is 3.31. The quantitative estimate of drug-likeness (QED) is 0.765. The summed E-state index contributed by atoms with van der Waals surface area (Å²) in [5.41, 5.74) is 2.00. The maximum Gasteiger partial charge on any atom is 0.328 e. The number of phenols is 1. The molecule has 0 aromatic heterocycles. The average molecular weight is 398 g/mol. The Kier molecular flexibility index (Phi) is 6.60. The lowest BCUT2D eigenvalue weighted by atomic mass is 10.1. The van der Waals surface area contributed by atoms with Gasteiger partial charge >= 0.3 is 5.97 Å². The third-order valence-corrected chi connectivity index (χ3v) is 5.34. The molecule has 2 N–H and O–H groups in total. The fourth-order valence-corrected chi connectivity index (χ4v) is 3.97. The van der Waals surface area contributed by atoms with E-state index in [1.165, 1.54) is 42.3 Å². The number of fused-ring (bicyclic) bond motifs is 1. The summed E-state index contributed by atoms with van der Waals surface area (Å²) in [5, 5.41) is 18.9. The number of ether oxygens (including phenoxy) is 1. The molecule has 0 amide bonds. The molecule has 0 radical (unpaired) electrons. The zero-order valence-electron chi connectivity index (χ0n) is 15.5. The number of rotatable bonds is 4. The number of aromatic hydroxyl groups is 1. The first-order chi connectivity index (χ1) is 13.6. The van der Waals surface area contributed by atoms with Crippen LogP contribution in [0.5, 0.6) is 11.5 Å². The van der Waals surface area contributed by atoms with Gasteiger partial charge in [0.25, 0.3) is 0 Å². The van der Waals surface area contributed by atoms with Crippen molar-refractivity contribution in [1.82, 2.24) is 4.90 Å². The zero-order valence-corrected chi connectivity index (χ0v) is 16.3. The van der Waals surface area contributed by atoms with E-state index >= 15 is 0 Å². The number of thioether (sulfide) groups is 1. The van der Waals surface area contributed by atoms with Crippen molar-refractivity contribution >= 4 is 29.0 Å². The lowest BCUT2D eigenvalue weighted by Gasteiger charge is -2.12. The van der Waals surface area contributed by atoms with Crippen molar-refractivity contribution in [2.24, 2.45) is 4.99 Å². The summed E-state index contributed by atoms with van der Waals surface area (Å²) in [7, 11) is 1.43. The maximum atomic E-state index is 10.2. The molecule has 2 aliphatic heterocycles. The summed E-state index contributed by atoms with van der Waals surface area (Å²) in [4.78, 5) is 17.3. The van der Waals surface area contributed by atoms with E-state index in [4.69, 9.17) is 14.8 Å². The van der Waals surface area contributed by atoms with Gasteiger partial charge in [0, 0.05) is 24.9 Å². The van der Waals surface area contributed by atoms with Gasteiger partial charge in [0.2, 0.25) is 0 Å². The third-order valence-electron chi connectivity index (χ3n) is 4.33. The van der Waals surface area contributed by atoms with E-state index in [1.54, 1.807) is 12.1 Å². The van der Waals surface area contributed by atoms with Crippen molar-refractivity contribution in [3.63, 3.8) is 0 Å². The van der Waals surface area contributed by atoms with Crippen LogP contribution in [-0.4, -0.2) is 52.2 Å². The molecular formula is C21H22N2O4S. The highest BCUT2D eigenvalue weighted by atomic mass is 32.2. The van der Waals surface area contributed by atoms with Gasteiger partial charge in [-0.1, -0.05) is 48.2 Å². The lowest BCUT2D eigenvalue weighted by molar-refractivity contribution is -0.131. The Hall–Kier alpha value is -2.93. The largest absolute Gasteiger partial charge is 0.504 e. The summed E-state index contributed by atoms with van der Waals surface area (Å²) in [6.45, 7) is 2.25. The van der Waals surface area contributed by atoms with Crippen LogP contribution in [0.25, 0.3) is 6.08 Å². The highest BCUT2D eigenvalue weighted by Gasteiger charge is 2.29. The normalized spacial score (nSPS) is 17.7. The van der Waals surface area contributed by atoms with Crippen LogP contribution in [0.15, 0.2) is 59.6 Å². The second kappa shape index (κ2) is 9.32. The topological polar surface area (TPSA) is 82.4 Å². The number of phenolic OH excluding ortho intramolecular Hbond substituents is 1. The number of aliphatic carboxylic acids is 1. The fourth-order valence-electron chi connectivity index (χ4n) is 2.93. The Labute approximate surface area is 168 Å². The van der Waals surface area contributed by atoms with Gasteiger partial charge in [-0.3, -0.25) is 4.99 Å². The van der Waals surface area contributed by atoms with Crippen molar-refractivity contribution in [1.29, 1.82) is 0 Å². The van der Waals surface area contributed by atoms with E-state index in [0.29, 0.717) is 17.4 Å². The second-order valence-corrected chi connectivity index (χ2v) is 7.30. The van der Waals surface area contributed by atoms with Crippen molar-refractivity contribution in [2.75, 3.05) is 26.0 Å². The number of carbonyl (C=O) groups is 1. The molecule has 6 nitrogen and oxygen atoms in total. The summed E-state index contributed by atoms with van der Waals surface area (Å²) >= 11 is 1.89. The van der Waals surface area contributed by atoms with Crippen molar-refractivity contribution in [3.8, 4) is 11.5 Å². The van der Waals surface area contributed by atoms with E-state index in [2.05, 4.69) is 35.2 Å². The van der Waals surface area contributed by atoms with Crippen molar-refractivity contribution in [3.05, 3.63) is 65.7 Å². The second-order valence-electron chi connectivity index (χ2n) is 6.24. The Morgan fingerprint density at radius 1 is 1.29 bits per heavy atom. The first kappa shape index (κ1) is 19.8. The van der Waals surface area contributed by atoms with Crippen LogP contribution in [0.3, 0.4) is 0 Å². The molecule has 2 heterocycles. The van der Waals surface area contributed by atoms with Crippen LogP contribution < -0.4 is 4.74 Å². The number of methoxy groups -OCH3 is 1. The third kappa shape index (κ3) is 5.07. The number of hydrogen-bond acceptors (Lipinski definition) is 6. The van der Waals surface area contributed by atoms with Crippen molar-refractivity contribution < 1.29 is 19.7 Å². The van der Waals surface area contributed by atoms with Gasteiger partial charge in [-0.15, -0.1) is 0 Å². The SMILES string of the molecule is COc1cc(C=CC(=O)O)ccc1O.c1ccc([C@H]2CN3CCSC3=N2)cc1. The van der Waals surface area contributed by atoms with E-state index in [-0.39, 0.29) is 5.75 Å². The highest BCUT2D eigenvalue weighted by Crippen LogP contribution is 2.31. The Balaban J connectivity index is 0.000000161. The fraction of sp³-hybridized carbons (Fsp3) is 0.238. The predicted molar refractivity (Wildman–Crippen MR) is 112 cm³/mol. The minimum absolute atomic E-state index is 0.0278. The number of amidine groups is 1. The predicted octanol–water partition coefficient (Wildman–Crippen LogP) is 3.64. The minimum atomic E-state index is -1.02. The number of carboxylic acids is 1. The van der Waals surface area contributed by atoms with Crippen LogP contribution in [0, 0.1) is 0 Å². The Morgan fingerprint density at radius 3 is 2.75 bits per heavy atom. The molecule has 0 saturated carbocycles. The molecule has 0 bridgehead atoms. The van der Waals surface area contributed by atoms with Gasteiger partial charge in [0.1, 0.15) is 0 Å². The molecular weight excluding hydrogens is 376 g/mol. The van der Waals surface area contributed by atoms with Crippen LogP contribution in [0.1, 0.15) is 17.2 Å². The molecule has 1 saturated heterocycles. The summed E-state index contributed by atoms with van der Waals surface area (Å²) < 4.78 is 4.86. The molecule has 7 heteroatoms. The number of hydrogen-bond donors (Lipinski definition) is 2. The maximum absolute atomic E-state index is 10.2. The summed E-state index contributed by atoms with van der Waals surface area (Å²) in [6, 6.07) is 15.5. The first-order valence-corrected chi connectivity index (χ1v) is 9.84. The molecule has 0 spiro atoms. The Bertz CT molecular complexity index is 883. The van der Waals surface area contributed by atoms with Crippen LogP contribution in [0.4, 0.5) is 0 Å². The van der Waals surface area contributed by atoms with Gasteiger partial charge < -0.3 is 19.8 Å². The molecule has 1 atom stereocenters. The number of carboxylic acid groups (broad SMARTS) is 1. The van der Waals surface area contributed by atoms with Crippen LogP contribution in [0.2, 0.25) is 0 Å². The molecule has 2 aromatic rings. The smallest absolute Gasteiger partial charge is 0.328 e. The molecule has 28 heavy (non-hydrogen) atoms. The summed E-state index contributed by atoms with van der Waals surface area (Å²) in [5.74, 6) is 0.537. The first-order valence-electron chi connectivity index (χ1n) is 8.85. The lowest BCUT2D eigenvalue weighted by Crippen LogP contribution is -2.21. The van der Waals surface area contributed by atoms with Crippen molar-refractivity contribution in [2.45, 2.75) is 6.04 Å². The molecule has 2 aromatic carbocycles. The summed E-state index contributed by atoms with van der Waals surface area (Å²) in [6.07, 6.45) is 2.44. The Morgan fingerprint density at radius 2 is 2.07 bits per heavy atom. The van der Waals surface area contributed by atoms with Gasteiger partial charge in [0.05, 0.1) is 13.2 Å². The molecule has 2 aliphatic rings. The highest BCUT2D eigenvalue weighted by molar-refractivity contribution is 8.14. The monoisotopic (exact) mass is 398 g/mol. The molecule has 0 aliphatic carbocycles. The van der Waals surface area contributed by atoms with E-state index in [9.17, 15) is 9.90 Å². The van der Waals surface area contributed by atoms with E-state index in [0.717, 1.165) is 12.6 Å². The number of aliphatic imine (C=N–C) groups is 1. The standard InChI is InChI=1S/C11H12N2S.C10H10O4/c1-2-4-9(5-3-1)10-8-13-6-7-14-11(13)12-10;1-14-9-6-7(2-4-8(9)11)3-5-10(12)13/h1-5,10H,6-8H2;2-6,11H,1H3,(H,12,13)/t10-;/m1./s1. The molecule has 0 unspecified atom stereocenters. The van der Waals surface area contributed by atoms with Crippen LogP contribution >= 0.6 is 11.8 Å². The molecule has 146 valence electrons. The number of nitrogens with zero attached hydrogens (tertiary/aromatic N) is 2. The zero-order chi connectivity index (χ0) is 19.9. The van der Waals surface area contributed by atoms with E-state index < -0.39 is 5.97 Å². The van der Waals surface area contributed by atoms with Crippen LogP contribution in [-0.2, 0) is 4.79 Å². The van der Waals surface area contributed by atoms with Gasteiger partial charge in [0.15, 0.2) is 16.7 Å². The van der Waals surface area contributed by atoms with Gasteiger partial charge in [-0.2, -0.15) is 0 Å². The minimum Gasteiger partial charge on any atom is -0.504 e. The molecule has 1 fully saturated rings. The number of benzene rings is 2.